The number of halogens is 1. The minimum atomic E-state index is -3.66. The van der Waals surface area contributed by atoms with Crippen LogP contribution in [0.1, 0.15) is 28.8 Å². The standard InChI is InChI=1S/C21H23ClN4O3S/c1-25(2)30(28,29)18-7-8-20(22)19(13-18)21(27)24-16-9-11-26(12-10-16)17-5-3-15(14-23)4-6-17/h3-8,13,16H,9-12H2,1-2H3,(H,24,27). The maximum absolute atomic E-state index is 12.8. The molecule has 0 aromatic heterocycles. The van der Waals surface area contributed by atoms with Crippen LogP contribution >= 0.6 is 11.6 Å². The Morgan fingerprint density at radius 2 is 1.80 bits per heavy atom. The van der Waals surface area contributed by atoms with Gasteiger partial charge in [-0.25, -0.2) is 12.7 Å². The van der Waals surface area contributed by atoms with Gasteiger partial charge in [-0.3, -0.25) is 4.79 Å². The monoisotopic (exact) mass is 446 g/mol. The zero-order valence-corrected chi connectivity index (χ0v) is 18.4. The van der Waals surface area contributed by atoms with Crippen LogP contribution in [0.25, 0.3) is 0 Å². The Morgan fingerprint density at radius 3 is 2.37 bits per heavy atom. The van der Waals surface area contributed by atoms with Crippen molar-refractivity contribution < 1.29 is 13.2 Å². The van der Waals surface area contributed by atoms with Crippen LogP contribution in [0.4, 0.5) is 5.69 Å². The first-order chi connectivity index (χ1) is 14.2. The average Bonchev–Trinajstić information content (AvgIpc) is 2.74. The molecule has 1 N–H and O–H groups in total. The number of rotatable bonds is 5. The number of carbonyl (C=O) groups excluding carboxylic acids is 1. The summed E-state index contributed by atoms with van der Waals surface area (Å²) in [6, 6.07) is 13.7. The Kier molecular flexibility index (Phi) is 6.66. The largest absolute Gasteiger partial charge is 0.371 e. The average molecular weight is 447 g/mol. The van der Waals surface area contributed by atoms with Gasteiger partial charge in [-0.15, -0.1) is 0 Å². The molecular formula is C21H23ClN4O3S. The molecule has 2 aromatic carbocycles. The lowest BCUT2D eigenvalue weighted by Gasteiger charge is -2.34. The molecule has 0 bridgehead atoms. The van der Waals surface area contributed by atoms with E-state index in [2.05, 4.69) is 16.3 Å². The van der Waals surface area contributed by atoms with Crippen molar-refractivity contribution in [3.63, 3.8) is 0 Å². The zero-order chi connectivity index (χ0) is 21.9. The molecule has 1 fully saturated rings. The molecule has 7 nitrogen and oxygen atoms in total. The van der Waals surface area contributed by atoms with Gasteiger partial charge in [0.2, 0.25) is 10.0 Å². The molecule has 1 aliphatic heterocycles. The van der Waals surface area contributed by atoms with E-state index in [0.29, 0.717) is 5.56 Å². The van der Waals surface area contributed by atoms with Gasteiger partial charge in [-0.1, -0.05) is 11.6 Å². The number of benzene rings is 2. The third kappa shape index (κ3) is 4.75. The third-order valence-corrected chi connectivity index (χ3v) is 7.29. The smallest absolute Gasteiger partial charge is 0.253 e. The first kappa shape index (κ1) is 22.1. The van der Waals surface area contributed by atoms with Crippen LogP contribution in [0.5, 0.6) is 0 Å². The van der Waals surface area contributed by atoms with Crippen molar-refractivity contribution in [3.05, 3.63) is 58.6 Å². The van der Waals surface area contributed by atoms with E-state index >= 15 is 0 Å². The van der Waals surface area contributed by atoms with Crippen LogP contribution in [-0.4, -0.2) is 51.9 Å². The second-order valence-corrected chi connectivity index (χ2v) is 9.88. The van der Waals surface area contributed by atoms with Gasteiger partial charge in [-0.05, 0) is 55.3 Å². The van der Waals surface area contributed by atoms with Crippen LogP contribution in [0.3, 0.4) is 0 Å². The Bertz CT molecular complexity index is 1070. The van der Waals surface area contributed by atoms with Crippen LogP contribution in [0.2, 0.25) is 5.02 Å². The van der Waals surface area contributed by atoms with Crippen molar-refractivity contribution in [2.24, 2.45) is 0 Å². The van der Waals surface area contributed by atoms with Crippen molar-refractivity contribution in [1.82, 2.24) is 9.62 Å². The third-order valence-electron chi connectivity index (χ3n) is 5.15. The zero-order valence-electron chi connectivity index (χ0n) is 16.8. The summed E-state index contributed by atoms with van der Waals surface area (Å²) in [6.07, 6.45) is 1.50. The topological polar surface area (TPSA) is 93.5 Å². The minimum Gasteiger partial charge on any atom is -0.371 e. The van der Waals surface area contributed by atoms with Gasteiger partial charge >= 0.3 is 0 Å². The quantitative estimate of drug-likeness (QED) is 0.762. The SMILES string of the molecule is CN(C)S(=O)(=O)c1ccc(Cl)c(C(=O)NC2CCN(c3ccc(C#N)cc3)CC2)c1. The highest BCUT2D eigenvalue weighted by Crippen LogP contribution is 2.24. The van der Waals surface area contributed by atoms with E-state index in [0.717, 1.165) is 35.9 Å². The number of anilines is 1. The number of hydrogen-bond donors (Lipinski definition) is 1. The van der Waals surface area contributed by atoms with Gasteiger partial charge in [0, 0.05) is 38.9 Å². The van der Waals surface area contributed by atoms with Crippen molar-refractivity contribution in [1.29, 1.82) is 5.26 Å². The lowest BCUT2D eigenvalue weighted by molar-refractivity contribution is 0.0931. The molecule has 1 heterocycles. The maximum atomic E-state index is 12.8. The van der Waals surface area contributed by atoms with E-state index in [-0.39, 0.29) is 27.4 Å². The predicted octanol–water partition coefficient (Wildman–Crippen LogP) is 2.86. The summed E-state index contributed by atoms with van der Waals surface area (Å²) in [5.41, 5.74) is 1.81. The van der Waals surface area contributed by atoms with Crippen LogP contribution in [0.15, 0.2) is 47.4 Å². The maximum Gasteiger partial charge on any atom is 0.253 e. The summed E-state index contributed by atoms with van der Waals surface area (Å²) in [7, 11) is -0.786. The number of nitriles is 1. The van der Waals surface area contributed by atoms with Gasteiger partial charge in [0.25, 0.3) is 5.91 Å². The van der Waals surface area contributed by atoms with E-state index in [1.54, 1.807) is 12.1 Å². The van der Waals surface area contributed by atoms with Crippen LogP contribution < -0.4 is 10.2 Å². The fraction of sp³-hybridized carbons (Fsp3) is 0.333. The Morgan fingerprint density at radius 1 is 1.17 bits per heavy atom. The van der Waals surface area contributed by atoms with E-state index in [4.69, 9.17) is 16.9 Å². The van der Waals surface area contributed by atoms with Crippen LogP contribution in [0, 0.1) is 11.3 Å². The van der Waals surface area contributed by atoms with Gasteiger partial charge in [0.1, 0.15) is 0 Å². The molecule has 0 atom stereocenters. The summed E-state index contributed by atoms with van der Waals surface area (Å²) >= 11 is 6.17. The van der Waals surface area contributed by atoms with Gasteiger partial charge in [-0.2, -0.15) is 5.26 Å². The molecule has 1 amide bonds. The van der Waals surface area contributed by atoms with E-state index in [1.165, 1.54) is 32.3 Å². The Hall–Kier alpha value is -2.60. The predicted molar refractivity (Wildman–Crippen MR) is 116 cm³/mol. The molecule has 9 heteroatoms. The minimum absolute atomic E-state index is 0.0256. The molecule has 0 saturated carbocycles. The van der Waals surface area contributed by atoms with Gasteiger partial charge < -0.3 is 10.2 Å². The molecular weight excluding hydrogens is 424 g/mol. The Labute approximate surface area is 181 Å². The summed E-state index contributed by atoms with van der Waals surface area (Å²) in [5, 5.41) is 12.1. The summed E-state index contributed by atoms with van der Waals surface area (Å²) in [4.78, 5) is 15.0. The van der Waals surface area contributed by atoms with Crippen molar-refractivity contribution in [3.8, 4) is 6.07 Å². The number of hydrogen-bond acceptors (Lipinski definition) is 5. The highest BCUT2D eigenvalue weighted by atomic mass is 35.5. The molecule has 2 aromatic rings. The summed E-state index contributed by atoms with van der Waals surface area (Å²) in [5.74, 6) is -0.382. The number of amides is 1. The number of carbonyl (C=O) groups is 1. The number of sulfonamides is 1. The molecule has 1 aliphatic rings. The van der Waals surface area contributed by atoms with E-state index in [9.17, 15) is 13.2 Å². The lowest BCUT2D eigenvalue weighted by Crippen LogP contribution is -2.44. The first-order valence-electron chi connectivity index (χ1n) is 9.50. The summed E-state index contributed by atoms with van der Waals surface area (Å²) in [6.45, 7) is 1.53. The molecule has 0 spiro atoms. The molecule has 30 heavy (non-hydrogen) atoms. The highest BCUT2D eigenvalue weighted by Gasteiger charge is 2.24. The fourth-order valence-corrected chi connectivity index (χ4v) is 4.47. The molecule has 3 rings (SSSR count). The summed E-state index contributed by atoms with van der Waals surface area (Å²) < 4.78 is 25.8. The second-order valence-electron chi connectivity index (χ2n) is 7.32. The van der Waals surface area contributed by atoms with Crippen molar-refractivity contribution in [2.75, 3.05) is 32.1 Å². The highest BCUT2D eigenvalue weighted by molar-refractivity contribution is 7.89. The van der Waals surface area contributed by atoms with Crippen molar-refractivity contribution >= 4 is 33.2 Å². The molecule has 0 aliphatic carbocycles. The van der Waals surface area contributed by atoms with Crippen LogP contribution in [-0.2, 0) is 10.0 Å². The number of nitrogens with zero attached hydrogens (tertiary/aromatic N) is 3. The lowest BCUT2D eigenvalue weighted by atomic mass is 10.0. The van der Waals surface area contributed by atoms with E-state index in [1.807, 2.05) is 12.1 Å². The molecule has 0 radical (unpaired) electrons. The molecule has 158 valence electrons. The fourth-order valence-electron chi connectivity index (χ4n) is 3.34. The molecule has 1 saturated heterocycles. The van der Waals surface area contributed by atoms with E-state index < -0.39 is 10.0 Å². The second kappa shape index (κ2) is 9.04. The number of piperidine rings is 1. The number of nitrogens with one attached hydrogen (secondary N) is 1. The molecule has 0 unspecified atom stereocenters. The van der Waals surface area contributed by atoms with Gasteiger partial charge in [0.15, 0.2) is 0 Å². The normalized spacial score (nSPS) is 15.1. The first-order valence-corrected chi connectivity index (χ1v) is 11.3. The Balaban J connectivity index is 1.65. The van der Waals surface area contributed by atoms with Gasteiger partial charge in [0.05, 0.1) is 27.1 Å². The van der Waals surface area contributed by atoms with Crippen molar-refractivity contribution in [2.45, 2.75) is 23.8 Å².